The summed E-state index contributed by atoms with van der Waals surface area (Å²) in [5.41, 5.74) is 0.709. The summed E-state index contributed by atoms with van der Waals surface area (Å²) in [7, 11) is 0. The third-order valence-corrected chi connectivity index (χ3v) is 4.07. The summed E-state index contributed by atoms with van der Waals surface area (Å²) in [6.45, 7) is 9.25. The van der Waals surface area contributed by atoms with Gasteiger partial charge in [-0.15, -0.1) is 0 Å². The molecule has 0 saturated carbocycles. The van der Waals surface area contributed by atoms with Gasteiger partial charge in [0, 0.05) is 0 Å². The number of nitrogens with one attached hydrogen (secondary N) is 1. The Bertz CT molecular complexity index is 225. The van der Waals surface area contributed by atoms with E-state index in [2.05, 4.69) is 26.1 Å². The second-order valence-corrected chi connectivity index (χ2v) is 6.81. The van der Waals surface area contributed by atoms with E-state index in [1.54, 1.807) is 0 Å². The smallest absolute Gasteiger partial charge is 0.0711 e. The molecule has 0 radical (unpaired) electrons. The first-order valence-corrected chi connectivity index (χ1v) is 6.88. The zero-order valence-corrected chi connectivity index (χ0v) is 11.1. The van der Waals surface area contributed by atoms with Gasteiger partial charge in [-0.1, -0.05) is 20.8 Å². The Morgan fingerprint density at radius 3 is 2.50 bits per heavy atom. The molecule has 0 bridgehead atoms. The Balaban J connectivity index is 1.79. The van der Waals surface area contributed by atoms with E-state index in [9.17, 15) is 0 Å². The summed E-state index contributed by atoms with van der Waals surface area (Å²) in [4.78, 5) is 0. The minimum Gasteiger partial charge on any atom is -0.372 e. The zero-order valence-electron chi connectivity index (χ0n) is 11.1. The maximum absolute atomic E-state index is 6.35. The molecule has 2 heterocycles. The van der Waals surface area contributed by atoms with Crippen molar-refractivity contribution in [2.75, 3.05) is 13.1 Å². The van der Waals surface area contributed by atoms with Crippen LogP contribution in [0.15, 0.2) is 0 Å². The van der Waals surface area contributed by atoms with Crippen molar-refractivity contribution < 1.29 is 4.74 Å². The molecule has 1 unspecified atom stereocenters. The topological polar surface area (TPSA) is 21.3 Å². The van der Waals surface area contributed by atoms with Crippen LogP contribution in [0.2, 0.25) is 0 Å². The molecule has 1 spiro atoms. The molecule has 0 aliphatic carbocycles. The van der Waals surface area contributed by atoms with E-state index < -0.39 is 0 Å². The average molecular weight is 225 g/mol. The van der Waals surface area contributed by atoms with E-state index >= 15 is 0 Å². The van der Waals surface area contributed by atoms with Gasteiger partial charge in [0.2, 0.25) is 0 Å². The lowest BCUT2D eigenvalue weighted by atomic mass is 9.87. The molecule has 2 aliphatic rings. The molecule has 94 valence electrons. The van der Waals surface area contributed by atoms with Crippen molar-refractivity contribution in [3.05, 3.63) is 0 Å². The number of piperidine rings is 1. The van der Waals surface area contributed by atoms with E-state index in [1.807, 2.05) is 0 Å². The first-order chi connectivity index (χ1) is 7.49. The van der Waals surface area contributed by atoms with Gasteiger partial charge < -0.3 is 10.1 Å². The Labute approximate surface area is 100 Å². The molecular formula is C14H27NO. The fourth-order valence-electron chi connectivity index (χ4n) is 2.94. The summed E-state index contributed by atoms with van der Waals surface area (Å²) in [5.74, 6) is 0. The van der Waals surface area contributed by atoms with Gasteiger partial charge in [0.15, 0.2) is 0 Å². The molecule has 0 aromatic rings. The Kier molecular flexibility index (Phi) is 3.60. The summed E-state index contributed by atoms with van der Waals surface area (Å²) >= 11 is 0. The van der Waals surface area contributed by atoms with Gasteiger partial charge >= 0.3 is 0 Å². The predicted molar refractivity (Wildman–Crippen MR) is 67.6 cm³/mol. The van der Waals surface area contributed by atoms with E-state index in [-0.39, 0.29) is 5.60 Å². The highest BCUT2D eigenvalue weighted by Crippen LogP contribution is 2.39. The molecule has 2 saturated heterocycles. The molecule has 2 rings (SSSR count). The van der Waals surface area contributed by atoms with Crippen LogP contribution >= 0.6 is 0 Å². The van der Waals surface area contributed by atoms with Crippen molar-refractivity contribution in [1.29, 1.82) is 0 Å². The largest absolute Gasteiger partial charge is 0.372 e. The standard InChI is InChI=1S/C14H27NO/c1-13(2,3)6-4-12-5-7-14(16-12)8-10-15-11-9-14/h12,15H,4-11H2,1-3H3. The maximum atomic E-state index is 6.35. The second-order valence-electron chi connectivity index (χ2n) is 6.81. The highest BCUT2D eigenvalue weighted by molar-refractivity contribution is 4.92. The summed E-state index contributed by atoms with van der Waals surface area (Å²) < 4.78 is 6.35. The summed E-state index contributed by atoms with van der Waals surface area (Å²) in [6, 6.07) is 0. The molecule has 1 N–H and O–H groups in total. The highest BCUT2D eigenvalue weighted by Gasteiger charge is 2.40. The maximum Gasteiger partial charge on any atom is 0.0711 e. The van der Waals surface area contributed by atoms with Crippen LogP contribution in [0.25, 0.3) is 0 Å². The predicted octanol–water partition coefficient (Wildman–Crippen LogP) is 3.11. The number of ether oxygens (including phenoxy) is 1. The molecule has 1 atom stereocenters. The molecule has 2 aliphatic heterocycles. The lowest BCUT2D eigenvalue weighted by Crippen LogP contribution is -2.41. The van der Waals surface area contributed by atoms with Crippen LogP contribution in [-0.2, 0) is 4.74 Å². The van der Waals surface area contributed by atoms with Crippen LogP contribution in [-0.4, -0.2) is 24.8 Å². The quantitative estimate of drug-likeness (QED) is 0.779. The van der Waals surface area contributed by atoms with E-state index in [0.717, 1.165) is 13.1 Å². The minimum absolute atomic E-state index is 0.258. The van der Waals surface area contributed by atoms with Crippen molar-refractivity contribution in [1.82, 2.24) is 5.32 Å². The van der Waals surface area contributed by atoms with E-state index in [4.69, 9.17) is 4.74 Å². The minimum atomic E-state index is 0.258. The SMILES string of the molecule is CC(C)(C)CCC1CCC2(CCNCC2)O1. The highest BCUT2D eigenvalue weighted by atomic mass is 16.5. The van der Waals surface area contributed by atoms with Gasteiger partial charge in [-0.05, 0) is 57.0 Å². The molecule has 0 amide bonds. The number of hydrogen-bond donors (Lipinski definition) is 1. The van der Waals surface area contributed by atoms with Gasteiger partial charge in [0.05, 0.1) is 11.7 Å². The first-order valence-electron chi connectivity index (χ1n) is 6.88. The summed E-state index contributed by atoms with van der Waals surface area (Å²) in [5, 5.41) is 3.43. The van der Waals surface area contributed by atoms with Crippen molar-refractivity contribution in [2.45, 2.75) is 71.0 Å². The Hall–Kier alpha value is -0.0800. The average Bonchev–Trinajstić information content (AvgIpc) is 2.59. The molecular weight excluding hydrogens is 198 g/mol. The fourth-order valence-corrected chi connectivity index (χ4v) is 2.94. The van der Waals surface area contributed by atoms with Crippen LogP contribution in [0.1, 0.15) is 59.3 Å². The van der Waals surface area contributed by atoms with Crippen LogP contribution in [0.4, 0.5) is 0 Å². The zero-order chi connectivity index (χ0) is 11.6. The van der Waals surface area contributed by atoms with Crippen molar-refractivity contribution >= 4 is 0 Å². The van der Waals surface area contributed by atoms with Gasteiger partial charge in [0.25, 0.3) is 0 Å². The van der Waals surface area contributed by atoms with Crippen LogP contribution < -0.4 is 5.32 Å². The normalized spacial score (nSPS) is 29.8. The molecule has 2 nitrogen and oxygen atoms in total. The Morgan fingerprint density at radius 2 is 1.88 bits per heavy atom. The van der Waals surface area contributed by atoms with Gasteiger partial charge in [-0.2, -0.15) is 0 Å². The monoisotopic (exact) mass is 225 g/mol. The van der Waals surface area contributed by atoms with Crippen molar-refractivity contribution in [3.63, 3.8) is 0 Å². The lowest BCUT2D eigenvalue weighted by molar-refractivity contribution is -0.0638. The first kappa shape index (κ1) is 12.4. The van der Waals surface area contributed by atoms with Crippen LogP contribution in [0, 0.1) is 5.41 Å². The third kappa shape index (κ3) is 3.21. The van der Waals surface area contributed by atoms with Crippen molar-refractivity contribution in [3.8, 4) is 0 Å². The molecule has 2 heteroatoms. The van der Waals surface area contributed by atoms with E-state index in [0.29, 0.717) is 11.5 Å². The molecule has 0 aromatic heterocycles. The van der Waals surface area contributed by atoms with Crippen LogP contribution in [0.3, 0.4) is 0 Å². The van der Waals surface area contributed by atoms with Gasteiger partial charge in [-0.3, -0.25) is 0 Å². The third-order valence-electron chi connectivity index (χ3n) is 4.07. The number of rotatable bonds is 2. The molecule has 0 aromatic carbocycles. The van der Waals surface area contributed by atoms with Gasteiger partial charge in [-0.25, -0.2) is 0 Å². The van der Waals surface area contributed by atoms with Crippen LogP contribution in [0.5, 0.6) is 0 Å². The van der Waals surface area contributed by atoms with E-state index in [1.165, 1.54) is 38.5 Å². The molecule has 2 fully saturated rings. The summed E-state index contributed by atoms with van der Waals surface area (Å²) in [6.07, 6.45) is 8.10. The fraction of sp³-hybridized carbons (Fsp3) is 1.00. The van der Waals surface area contributed by atoms with Gasteiger partial charge in [0.1, 0.15) is 0 Å². The second kappa shape index (κ2) is 4.66. The van der Waals surface area contributed by atoms with Crippen molar-refractivity contribution in [2.24, 2.45) is 5.41 Å². The Morgan fingerprint density at radius 1 is 1.19 bits per heavy atom. The molecule has 16 heavy (non-hydrogen) atoms. The lowest BCUT2D eigenvalue weighted by Gasteiger charge is -2.34. The number of hydrogen-bond acceptors (Lipinski definition) is 2.